The van der Waals surface area contributed by atoms with Crippen molar-refractivity contribution >= 4 is 19.5 Å². The third kappa shape index (κ3) is 3.46. The molecule has 48 valence electrons. The topological polar surface area (TPSA) is 0 Å². The summed E-state index contributed by atoms with van der Waals surface area (Å²) in [4.78, 5) is 0. The Morgan fingerprint density at radius 3 is 2.00 bits per heavy atom. The van der Waals surface area contributed by atoms with E-state index < -0.39 is 0 Å². The number of halogens is 1. The highest BCUT2D eigenvalue weighted by atomic mass is 35.5. The van der Waals surface area contributed by atoms with Gasteiger partial charge in [-0.1, -0.05) is 33.4 Å². The highest BCUT2D eigenvalue weighted by Gasteiger charge is 1.92. The highest BCUT2D eigenvalue weighted by Crippen LogP contribution is 2.35. The second-order valence-corrected chi connectivity index (χ2v) is 4.49. The van der Waals surface area contributed by atoms with Gasteiger partial charge in [-0.2, -0.15) is 0 Å². The van der Waals surface area contributed by atoms with Crippen LogP contribution in [0.2, 0.25) is 0 Å². The highest BCUT2D eigenvalue weighted by molar-refractivity contribution is 7.60. The molecule has 0 saturated carbocycles. The largest absolute Gasteiger partial charge is 0.0929 e. The normalized spacial score (nSPS) is 11.5. The summed E-state index contributed by atoms with van der Waals surface area (Å²) in [7, 11) is 0.131. The molecule has 0 atom stereocenters. The summed E-state index contributed by atoms with van der Waals surface area (Å²) >= 11 is 5.39. The molecule has 0 N–H and O–H groups in total. The minimum absolute atomic E-state index is 0.131. The van der Waals surface area contributed by atoms with Crippen LogP contribution >= 0.6 is 19.5 Å². The van der Waals surface area contributed by atoms with Crippen molar-refractivity contribution in [1.29, 1.82) is 0 Å². The first kappa shape index (κ1) is 8.46. The maximum absolute atomic E-state index is 5.39. The molecule has 0 aromatic heterocycles. The molecule has 0 rings (SSSR count). The van der Waals surface area contributed by atoms with Crippen LogP contribution in [0.1, 0.15) is 13.8 Å². The standard InChI is InChI=1S/C6H12ClP/c1-3-8(4-2)6-5-7/h5-6H,3-4H2,1-2H3. The van der Waals surface area contributed by atoms with E-state index in [2.05, 4.69) is 19.7 Å². The number of hydrogen-bond acceptors (Lipinski definition) is 0. The first-order valence-electron chi connectivity index (χ1n) is 2.86. The fourth-order valence-electron chi connectivity index (χ4n) is 0.514. The van der Waals surface area contributed by atoms with E-state index in [1.54, 1.807) is 5.54 Å². The Morgan fingerprint density at radius 2 is 1.88 bits per heavy atom. The molecule has 0 aliphatic carbocycles. The van der Waals surface area contributed by atoms with Crippen molar-refractivity contribution in [1.82, 2.24) is 0 Å². The van der Waals surface area contributed by atoms with Crippen LogP contribution in [0.3, 0.4) is 0 Å². The molecule has 2 heteroatoms. The van der Waals surface area contributed by atoms with Crippen LogP contribution in [0.4, 0.5) is 0 Å². The van der Waals surface area contributed by atoms with Gasteiger partial charge in [0.2, 0.25) is 0 Å². The van der Waals surface area contributed by atoms with Gasteiger partial charge in [-0.25, -0.2) is 0 Å². The van der Waals surface area contributed by atoms with Crippen molar-refractivity contribution in [2.75, 3.05) is 12.3 Å². The van der Waals surface area contributed by atoms with Gasteiger partial charge in [0.25, 0.3) is 0 Å². The minimum Gasteiger partial charge on any atom is -0.0929 e. The van der Waals surface area contributed by atoms with Crippen molar-refractivity contribution in [3.8, 4) is 0 Å². The monoisotopic (exact) mass is 150 g/mol. The molecule has 0 unspecified atom stereocenters. The van der Waals surface area contributed by atoms with Crippen LogP contribution < -0.4 is 0 Å². The lowest BCUT2D eigenvalue weighted by Crippen LogP contribution is -1.75. The Morgan fingerprint density at radius 1 is 1.38 bits per heavy atom. The van der Waals surface area contributed by atoms with E-state index in [-0.39, 0.29) is 7.92 Å². The van der Waals surface area contributed by atoms with Gasteiger partial charge in [-0.15, -0.1) is 0 Å². The van der Waals surface area contributed by atoms with E-state index in [0.29, 0.717) is 0 Å². The van der Waals surface area contributed by atoms with Crippen molar-refractivity contribution in [3.05, 3.63) is 11.4 Å². The molecule has 0 bridgehead atoms. The molecule has 0 aromatic carbocycles. The maximum atomic E-state index is 5.39. The summed E-state index contributed by atoms with van der Waals surface area (Å²) in [5, 5.41) is 0. The Balaban J connectivity index is 3.36. The van der Waals surface area contributed by atoms with E-state index >= 15 is 0 Å². The molecular weight excluding hydrogens is 138 g/mol. The predicted octanol–water partition coefficient (Wildman–Crippen LogP) is 3.22. The molecule has 0 saturated heterocycles. The van der Waals surface area contributed by atoms with Crippen molar-refractivity contribution < 1.29 is 0 Å². The molecule has 0 nitrogen and oxygen atoms in total. The van der Waals surface area contributed by atoms with Crippen LogP contribution in [0, 0.1) is 0 Å². The van der Waals surface area contributed by atoms with Gasteiger partial charge in [0.15, 0.2) is 0 Å². The summed E-state index contributed by atoms with van der Waals surface area (Å²) in [5.74, 6) is 2.11. The molecule has 0 fully saturated rings. The first-order valence-corrected chi connectivity index (χ1v) is 5.07. The molecule has 0 amide bonds. The average Bonchev–Trinajstić information content (AvgIpc) is 1.83. The van der Waals surface area contributed by atoms with Gasteiger partial charge in [0.1, 0.15) is 0 Å². The van der Waals surface area contributed by atoms with Gasteiger partial charge in [-0.05, 0) is 18.1 Å². The van der Waals surface area contributed by atoms with Gasteiger partial charge in [-0.3, -0.25) is 0 Å². The summed E-state index contributed by atoms with van der Waals surface area (Å²) < 4.78 is 0. The third-order valence-corrected chi connectivity index (χ3v) is 3.58. The Bertz CT molecular complexity index is 66.9. The van der Waals surface area contributed by atoms with Gasteiger partial charge in [0.05, 0.1) is 0 Å². The molecule has 0 spiro atoms. The summed E-state index contributed by atoms with van der Waals surface area (Å²) in [6, 6.07) is 0. The Hall–Kier alpha value is 0.460. The summed E-state index contributed by atoms with van der Waals surface area (Å²) in [5.41, 5.74) is 1.64. The summed E-state index contributed by atoms with van der Waals surface area (Å²) in [6.07, 6.45) is 2.52. The third-order valence-electron chi connectivity index (χ3n) is 1.08. The maximum Gasteiger partial charge on any atom is 0.00473 e. The second-order valence-electron chi connectivity index (χ2n) is 1.50. The van der Waals surface area contributed by atoms with Crippen LogP contribution in [0.5, 0.6) is 0 Å². The Kier molecular flexibility index (Phi) is 5.92. The fourth-order valence-corrected chi connectivity index (χ4v) is 2.02. The smallest absolute Gasteiger partial charge is 0.00473 e. The number of rotatable bonds is 3. The molecule has 8 heavy (non-hydrogen) atoms. The van der Waals surface area contributed by atoms with Crippen molar-refractivity contribution in [3.63, 3.8) is 0 Å². The minimum atomic E-state index is 0.131. The molecule has 0 aromatic rings. The van der Waals surface area contributed by atoms with Crippen LogP contribution in [-0.4, -0.2) is 12.3 Å². The lowest BCUT2D eigenvalue weighted by Gasteiger charge is -2.03. The molecule has 0 aliphatic rings. The second kappa shape index (κ2) is 5.59. The first-order chi connectivity index (χ1) is 3.85. The van der Waals surface area contributed by atoms with E-state index in [1.165, 1.54) is 12.3 Å². The van der Waals surface area contributed by atoms with Crippen LogP contribution in [0.15, 0.2) is 11.4 Å². The van der Waals surface area contributed by atoms with E-state index in [0.717, 1.165) is 0 Å². The zero-order valence-electron chi connectivity index (χ0n) is 5.39. The molecule has 0 radical (unpaired) electrons. The lowest BCUT2D eigenvalue weighted by molar-refractivity contribution is 1.42. The van der Waals surface area contributed by atoms with E-state index in [1.807, 2.05) is 0 Å². The lowest BCUT2D eigenvalue weighted by atomic mass is 11.0. The van der Waals surface area contributed by atoms with Gasteiger partial charge >= 0.3 is 0 Å². The molecule has 0 heterocycles. The fraction of sp³-hybridized carbons (Fsp3) is 0.667. The zero-order chi connectivity index (χ0) is 6.41. The van der Waals surface area contributed by atoms with E-state index in [4.69, 9.17) is 11.6 Å². The van der Waals surface area contributed by atoms with Crippen molar-refractivity contribution in [2.45, 2.75) is 13.8 Å². The van der Waals surface area contributed by atoms with Gasteiger partial charge in [0, 0.05) is 5.54 Å². The molecule has 0 aliphatic heterocycles. The van der Waals surface area contributed by atoms with Gasteiger partial charge < -0.3 is 0 Å². The van der Waals surface area contributed by atoms with Crippen molar-refractivity contribution in [2.24, 2.45) is 0 Å². The predicted molar refractivity (Wildman–Crippen MR) is 43.0 cm³/mol. The summed E-state index contributed by atoms with van der Waals surface area (Å²) in [6.45, 7) is 4.40. The number of hydrogen-bond donors (Lipinski definition) is 0. The Labute approximate surface area is 57.7 Å². The van der Waals surface area contributed by atoms with Crippen LogP contribution in [0.25, 0.3) is 0 Å². The molecular formula is C6H12ClP. The van der Waals surface area contributed by atoms with Crippen LogP contribution in [-0.2, 0) is 0 Å². The average molecular weight is 151 g/mol. The quantitative estimate of drug-likeness (QED) is 0.542. The SMILES string of the molecule is CCP(C=CCl)CC. The zero-order valence-corrected chi connectivity index (χ0v) is 7.04. The van der Waals surface area contributed by atoms with E-state index in [9.17, 15) is 0 Å².